The zero-order valence-electron chi connectivity index (χ0n) is 10.3. The van der Waals surface area contributed by atoms with Gasteiger partial charge in [-0.3, -0.25) is 9.69 Å². The molecule has 2 aliphatic rings. The highest BCUT2D eigenvalue weighted by molar-refractivity contribution is 5.78. The number of likely N-dealkylation sites (tertiary alicyclic amines) is 1. The van der Waals surface area contributed by atoms with Crippen molar-refractivity contribution in [2.24, 2.45) is 5.92 Å². The zero-order valence-corrected chi connectivity index (χ0v) is 10.3. The summed E-state index contributed by atoms with van der Waals surface area (Å²) < 4.78 is 0. The molecule has 0 spiro atoms. The maximum absolute atomic E-state index is 11.6. The van der Waals surface area contributed by atoms with Gasteiger partial charge < -0.3 is 10.6 Å². The van der Waals surface area contributed by atoms with Crippen LogP contribution < -0.4 is 10.6 Å². The average Bonchev–Trinajstić information content (AvgIpc) is 2.57. The monoisotopic (exact) mass is 225 g/mol. The highest BCUT2D eigenvalue weighted by atomic mass is 16.2. The maximum Gasteiger partial charge on any atom is 0.234 e. The summed E-state index contributed by atoms with van der Waals surface area (Å²) >= 11 is 0. The van der Waals surface area contributed by atoms with Gasteiger partial charge >= 0.3 is 0 Å². The minimum Gasteiger partial charge on any atom is -0.353 e. The molecule has 2 fully saturated rings. The topological polar surface area (TPSA) is 44.4 Å². The molecule has 2 heterocycles. The van der Waals surface area contributed by atoms with Crippen LogP contribution in [0.3, 0.4) is 0 Å². The third-order valence-corrected chi connectivity index (χ3v) is 3.49. The van der Waals surface area contributed by atoms with Crippen molar-refractivity contribution in [2.75, 3.05) is 26.2 Å². The largest absolute Gasteiger partial charge is 0.353 e. The van der Waals surface area contributed by atoms with Crippen molar-refractivity contribution in [1.82, 2.24) is 15.5 Å². The summed E-state index contributed by atoms with van der Waals surface area (Å²) in [5.74, 6) is 0.925. The van der Waals surface area contributed by atoms with Gasteiger partial charge in [-0.15, -0.1) is 0 Å². The van der Waals surface area contributed by atoms with Crippen LogP contribution in [0.2, 0.25) is 0 Å². The first kappa shape index (κ1) is 11.9. The van der Waals surface area contributed by atoms with E-state index in [4.69, 9.17) is 0 Å². The second-order valence-electron chi connectivity index (χ2n) is 5.38. The van der Waals surface area contributed by atoms with E-state index in [0.717, 1.165) is 25.6 Å². The molecule has 2 atom stereocenters. The minimum atomic E-state index is 0.161. The van der Waals surface area contributed by atoms with Gasteiger partial charge in [0.05, 0.1) is 6.54 Å². The first-order valence-electron chi connectivity index (χ1n) is 6.40. The second kappa shape index (κ2) is 5.15. The number of rotatable bonds is 3. The highest BCUT2D eigenvalue weighted by Gasteiger charge is 2.34. The molecule has 0 bridgehead atoms. The summed E-state index contributed by atoms with van der Waals surface area (Å²) in [5, 5.41) is 6.50. The molecule has 4 heteroatoms. The summed E-state index contributed by atoms with van der Waals surface area (Å²) in [6, 6.07) is 0.871. The smallest absolute Gasteiger partial charge is 0.234 e. The maximum atomic E-state index is 11.6. The lowest BCUT2D eigenvalue weighted by Crippen LogP contribution is -2.42. The van der Waals surface area contributed by atoms with E-state index in [-0.39, 0.29) is 11.9 Å². The molecule has 4 nitrogen and oxygen atoms in total. The van der Waals surface area contributed by atoms with Crippen LogP contribution >= 0.6 is 0 Å². The molecular weight excluding hydrogens is 202 g/mol. The quantitative estimate of drug-likeness (QED) is 0.721. The van der Waals surface area contributed by atoms with Gasteiger partial charge in [-0.25, -0.2) is 0 Å². The molecule has 16 heavy (non-hydrogen) atoms. The van der Waals surface area contributed by atoms with E-state index in [1.807, 2.05) is 13.8 Å². The molecule has 2 rings (SSSR count). The Balaban J connectivity index is 1.77. The molecule has 0 aromatic rings. The van der Waals surface area contributed by atoms with Crippen LogP contribution in [0.5, 0.6) is 0 Å². The standard InChI is InChI=1S/C12H23N3O/c1-9(2)14-12(16)8-15-6-10-4-3-5-13-11(10)7-15/h9-11,13H,3-8H2,1-2H3,(H,14,16). The number of fused-ring (bicyclic) bond motifs is 1. The molecule has 2 unspecified atom stereocenters. The summed E-state index contributed by atoms with van der Waals surface area (Å²) in [7, 11) is 0. The third-order valence-electron chi connectivity index (χ3n) is 3.49. The number of nitrogens with one attached hydrogen (secondary N) is 2. The Bertz CT molecular complexity index is 241. The van der Waals surface area contributed by atoms with Crippen LogP contribution in [-0.4, -0.2) is 49.1 Å². The van der Waals surface area contributed by atoms with Gasteiger partial charge in [0.25, 0.3) is 0 Å². The Labute approximate surface area is 97.8 Å². The van der Waals surface area contributed by atoms with Gasteiger partial charge in [-0.05, 0) is 39.2 Å². The van der Waals surface area contributed by atoms with Crippen LogP contribution in [-0.2, 0) is 4.79 Å². The van der Waals surface area contributed by atoms with Crippen molar-refractivity contribution in [3.8, 4) is 0 Å². The molecule has 0 radical (unpaired) electrons. The Morgan fingerprint density at radius 1 is 1.50 bits per heavy atom. The van der Waals surface area contributed by atoms with Gasteiger partial charge in [0, 0.05) is 25.2 Å². The predicted molar refractivity (Wildman–Crippen MR) is 64.2 cm³/mol. The van der Waals surface area contributed by atoms with Crippen molar-refractivity contribution in [2.45, 2.75) is 38.8 Å². The van der Waals surface area contributed by atoms with Crippen molar-refractivity contribution in [1.29, 1.82) is 0 Å². The molecule has 2 aliphatic heterocycles. The first-order chi connectivity index (χ1) is 7.65. The Hall–Kier alpha value is -0.610. The Morgan fingerprint density at radius 2 is 2.31 bits per heavy atom. The summed E-state index contributed by atoms with van der Waals surface area (Å²) in [4.78, 5) is 13.9. The Morgan fingerprint density at radius 3 is 3.00 bits per heavy atom. The third kappa shape index (κ3) is 2.95. The van der Waals surface area contributed by atoms with Gasteiger partial charge in [-0.1, -0.05) is 0 Å². The van der Waals surface area contributed by atoms with E-state index in [9.17, 15) is 4.79 Å². The molecule has 92 valence electrons. The van der Waals surface area contributed by atoms with Crippen molar-refractivity contribution >= 4 is 5.91 Å². The van der Waals surface area contributed by atoms with E-state index >= 15 is 0 Å². The molecule has 0 aliphatic carbocycles. The van der Waals surface area contributed by atoms with Crippen molar-refractivity contribution < 1.29 is 4.79 Å². The Kier molecular flexibility index (Phi) is 3.82. The van der Waals surface area contributed by atoms with E-state index in [0.29, 0.717) is 12.6 Å². The first-order valence-corrected chi connectivity index (χ1v) is 6.40. The molecule has 2 N–H and O–H groups in total. The fourth-order valence-electron chi connectivity index (χ4n) is 2.84. The second-order valence-corrected chi connectivity index (χ2v) is 5.38. The van der Waals surface area contributed by atoms with Crippen LogP contribution in [0, 0.1) is 5.92 Å². The van der Waals surface area contributed by atoms with Crippen LogP contribution in [0.4, 0.5) is 0 Å². The number of hydrogen-bond acceptors (Lipinski definition) is 3. The molecule has 0 aromatic heterocycles. The van der Waals surface area contributed by atoms with Crippen LogP contribution in [0.1, 0.15) is 26.7 Å². The molecular formula is C12H23N3O. The van der Waals surface area contributed by atoms with Crippen LogP contribution in [0.15, 0.2) is 0 Å². The van der Waals surface area contributed by atoms with Crippen molar-refractivity contribution in [3.05, 3.63) is 0 Å². The zero-order chi connectivity index (χ0) is 11.5. The average molecular weight is 225 g/mol. The van der Waals surface area contributed by atoms with E-state index in [1.54, 1.807) is 0 Å². The van der Waals surface area contributed by atoms with Crippen LogP contribution in [0.25, 0.3) is 0 Å². The molecule has 0 aromatic carbocycles. The van der Waals surface area contributed by atoms with Gasteiger partial charge in [0.1, 0.15) is 0 Å². The van der Waals surface area contributed by atoms with E-state index in [2.05, 4.69) is 15.5 Å². The number of amides is 1. The lowest BCUT2D eigenvalue weighted by Gasteiger charge is -2.24. The predicted octanol–water partition coefficient (Wildman–Crippen LogP) is 0.195. The fraction of sp³-hybridized carbons (Fsp3) is 0.917. The van der Waals surface area contributed by atoms with E-state index in [1.165, 1.54) is 12.8 Å². The summed E-state index contributed by atoms with van der Waals surface area (Å²) in [6.45, 7) is 7.84. The number of carbonyl (C=O) groups is 1. The SMILES string of the molecule is CC(C)NC(=O)CN1CC2CCCNC2C1. The summed E-state index contributed by atoms with van der Waals surface area (Å²) in [6.07, 6.45) is 2.60. The molecule has 2 saturated heterocycles. The normalized spacial score (nSPS) is 30.4. The number of carbonyl (C=O) groups excluding carboxylic acids is 1. The number of nitrogens with zero attached hydrogens (tertiary/aromatic N) is 1. The van der Waals surface area contributed by atoms with Gasteiger partial charge in [-0.2, -0.15) is 0 Å². The minimum absolute atomic E-state index is 0.161. The number of piperidine rings is 1. The van der Waals surface area contributed by atoms with Gasteiger partial charge in [0.2, 0.25) is 5.91 Å². The van der Waals surface area contributed by atoms with Crippen molar-refractivity contribution in [3.63, 3.8) is 0 Å². The molecule has 0 saturated carbocycles. The molecule has 1 amide bonds. The lowest BCUT2D eigenvalue weighted by atomic mass is 9.94. The van der Waals surface area contributed by atoms with Gasteiger partial charge in [0.15, 0.2) is 0 Å². The van der Waals surface area contributed by atoms with E-state index < -0.39 is 0 Å². The lowest BCUT2D eigenvalue weighted by molar-refractivity contribution is -0.122. The number of hydrogen-bond donors (Lipinski definition) is 2. The summed E-state index contributed by atoms with van der Waals surface area (Å²) in [5.41, 5.74) is 0. The fourth-order valence-corrected chi connectivity index (χ4v) is 2.84. The highest BCUT2D eigenvalue weighted by Crippen LogP contribution is 2.24.